The number of benzene rings is 1. The monoisotopic (exact) mass is 455 g/mol. The van der Waals surface area contributed by atoms with Crippen LogP contribution in [0, 0.1) is 19.8 Å². The topological polar surface area (TPSA) is 79.4 Å². The van der Waals surface area contributed by atoms with Crippen LogP contribution in [0.3, 0.4) is 0 Å². The first kappa shape index (κ1) is 25.6. The Morgan fingerprint density at radius 2 is 1.71 bits per heavy atom. The summed E-state index contributed by atoms with van der Waals surface area (Å²) in [6, 6.07) is 3.43. The highest BCUT2D eigenvalue weighted by Gasteiger charge is 2.26. The van der Waals surface area contributed by atoms with E-state index in [1.165, 1.54) is 11.4 Å². The lowest BCUT2D eigenvalue weighted by Gasteiger charge is -2.33. The van der Waals surface area contributed by atoms with E-state index >= 15 is 0 Å². The molecule has 1 amide bonds. The average molecular weight is 456 g/mol. The van der Waals surface area contributed by atoms with Crippen LogP contribution < -0.4 is 4.74 Å². The van der Waals surface area contributed by atoms with Crippen molar-refractivity contribution in [3.63, 3.8) is 0 Å². The van der Waals surface area contributed by atoms with Crippen molar-refractivity contribution in [2.75, 3.05) is 67.6 Å². The van der Waals surface area contributed by atoms with Crippen LogP contribution in [0.25, 0.3) is 0 Å². The van der Waals surface area contributed by atoms with Gasteiger partial charge in [-0.15, -0.1) is 0 Å². The van der Waals surface area contributed by atoms with Crippen molar-refractivity contribution < 1.29 is 22.7 Å². The van der Waals surface area contributed by atoms with E-state index in [4.69, 9.17) is 9.47 Å². The fraction of sp³-hybridized carbons (Fsp3) is 0.682. The summed E-state index contributed by atoms with van der Waals surface area (Å²) in [5.41, 5.74) is 1.27. The largest absolute Gasteiger partial charge is 0.497 e. The molecule has 1 aliphatic rings. The van der Waals surface area contributed by atoms with Crippen LogP contribution in [0.2, 0.25) is 0 Å². The molecule has 2 rings (SSSR count). The molecule has 1 saturated heterocycles. The third kappa shape index (κ3) is 6.90. The number of hydrogen-bond donors (Lipinski definition) is 0. The molecule has 1 aromatic rings. The third-order valence-electron chi connectivity index (χ3n) is 5.70. The number of carbonyl (C=O) groups excluding carboxylic acids is 1. The van der Waals surface area contributed by atoms with Crippen molar-refractivity contribution in [3.8, 4) is 5.75 Å². The molecule has 0 saturated carbocycles. The van der Waals surface area contributed by atoms with E-state index in [2.05, 4.69) is 19.0 Å². The smallest absolute Gasteiger partial charge is 0.248 e. The van der Waals surface area contributed by atoms with Gasteiger partial charge in [0, 0.05) is 33.2 Å². The summed E-state index contributed by atoms with van der Waals surface area (Å²) in [5.74, 6) is 1.23. The number of amides is 1. The van der Waals surface area contributed by atoms with E-state index in [1.54, 1.807) is 33.1 Å². The molecule has 1 fully saturated rings. The fourth-order valence-corrected chi connectivity index (χ4v) is 5.59. The van der Waals surface area contributed by atoms with Gasteiger partial charge in [-0.05, 0) is 70.0 Å². The van der Waals surface area contributed by atoms with Crippen molar-refractivity contribution in [3.05, 3.63) is 23.3 Å². The molecule has 1 aliphatic heterocycles. The number of piperidine rings is 1. The van der Waals surface area contributed by atoms with Crippen molar-refractivity contribution in [1.29, 1.82) is 0 Å². The zero-order valence-electron chi connectivity index (χ0n) is 19.7. The minimum atomic E-state index is -3.66. The number of hydrogen-bond acceptors (Lipinski definition) is 6. The Labute approximate surface area is 187 Å². The van der Waals surface area contributed by atoms with Crippen LogP contribution >= 0.6 is 0 Å². The van der Waals surface area contributed by atoms with Gasteiger partial charge in [0.1, 0.15) is 12.4 Å². The second-order valence-electron chi connectivity index (χ2n) is 8.56. The Balaban J connectivity index is 1.81. The Morgan fingerprint density at radius 1 is 1.13 bits per heavy atom. The lowest BCUT2D eigenvalue weighted by molar-refractivity contribution is -0.137. The summed E-state index contributed by atoms with van der Waals surface area (Å²) in [4.78, 5) is 16.7. The van der Waals surface area contributed by atoms with Crippen molar-refractivity contribution >= 4 is 15.9 Å². The maximum absolute atomic E-state index is 13.0. The second-order valence-corrected chi connectivity index (χ2v) is 10.5. The quantitative estimate of drug-likeness (QED) is 0.500. The van der Waals surface area contributed by atoms with Crippen LogP contribution in [0.15, 0.2) is 17.0 Å². The van der Waals surface area contributed by atoms with Gasteiger partial charge in [-0.1, -0.05) is 0 Å². The summed E-state index contributed by atoms with van der Waals surface area (Å²) >= 11 is 0. The standard InChI is InChI=1S/C22H37N3O5S/c1-17-13-20(29-6)14-18(2)22(17)31(27,28)24(5)11-12-30-16-21(26)25-9-7-19(8-10-25)15-23(3)4/h13-14,19H,7-12,15-16H2,1-6H3. The molecule has 0 N–H and O–H groups in total. The number of carbonyl (C=O) groups is 1. The van der Waals surface area contributed by atoms with Gasteiger partial charge < -0.3 is 19.3 Å². The highest BCUT2D eigenvalue weighted by Crippen LogP contribution is 2.27. The van der Waals surface area contributed by atoms with E-state index in [1.807, 2.05) is 4.90 Å². The normalized spacial score (nSPS) is 15.7. The van der Waals surface area contributed by atoms with Crippen molar-refractivity contribution in [2.45, 2.75) is 31.6 Å². The van der Waals surface area contributed by atoms with Crippen LogP contribution in [0.4, 0.5) is 0 Å². The maximum Gasteiger partial charge on any atom is 0.248 e. The Bertz CT molecular complexity index is 826. The molecule has 1 aromatic carbocycles. The van der Waals surface area contributed by atoms with E-state index in [0.29, 0.717) is 22.8 Å². The average Bonchev–Trinajstić information content (AvgIpc) is 2.70. The molecule has 0 unspecified atom stereocenters. The van der Waals surface area contributed by atoms with Crippen molar-refractivity contribution in [1.82, 2.24) is 14.1 Å². The molecule has 0 radical (unpaired) electrons. The zero-order valence-corrected chi connectivity index (χ0v) is 20.5. The molecule has 0 bridgehead atoms. The van der Waals surface area contributed by atoms with Gasteiger partial charge in [-0.25, -0.2) is 8.42 Å². The van der Waals surface area contributed by atoms with E-state index in [0.717, 1.165) is 32.5 Å². The van der Waals surface area contributed by atoms with Gasteiger partial charge in [0.2, 0.25) is 15.9 Å². The van der Waals surface area contributed by atoms with E-state index in [9.17, 15) is 13.2 Å². The maximum atomic E-state index is 13.0. The van der Waals surface area contributed by atoms with Gasteiger partial charge in [-0.2, -0.15) is 4.31 Å². The van der Waals surface area contributed by atoms with Gasteiger partial charge in [0.25, 0.3) is 0 Å². The number of ether oxygens (including phenoxy) is 2. The highest BCUT2D eigenvalue weighted by atomic mass is 32.2. The van der Waals surface area contributed by atoms with Gasteiger partial charge >= 0.3 is 0 Å². The molecule has 0 atom stereocenters. The number of aryl methyl sites for hydroxylation is 2. The molecular weight excluding hydrogens is 418 g/mol. The van der Waals surface area contributed by atoms with Crippen LogP contribution in [0.1, 0.15) is 24.0 Å². The zero-order chi connectivity index (χ0) is 23.2. The van der Waals surface area contributed by atoms with Crippen LogP contribution in [0.5, 0.6) is 5.75 Å². The molecule has 8 nitrogen and oxygen atoms in total. The first-order chi connectivity index (χ1) is 14.6. The summed E-state index contributed by atoms with van der Waals surface area (Å²) in [6.45, 7) is 6.38. The Hall–Kier alpha value is -1.68. The SMILES string of the molecule is COc1cc(C)c(S(=O)(=O)N(C)CCOCC(=O)N2CCC(CN(C)C)CC2)c(C)c1. The molecule has 0 spiro atoms. The summed E-state index contributed by atoms with van der Waals surface area (Å²) < 4.78 is 38.0. The van der Waals surface area contributed by atoms with E-state index < -0.39 is 10.0 Å². The number of nitrogens with zero attached hydrogens (tertiary/aromatic N) is 3. The first-order valence-corrected chi connectivity index (χ1v) is 12.1. The molecule has 9 heteroatoms. The minimum Gasteiger partial charge on any atom is -0.497 e. The molecule has 31 heavy (non-hydrogen) atoms. The lowest BCUT2D eigenvalue weighted by Crippen LogP contribution is -2.42. The van der Waals surface area contributed by atoms with Gasteiger partial charge in [0.05, 0.1) is 18.6 Å². The Kier molecular flexibility index (Phi) is 9.29. The first-order valence-electron chi connectivity index (χ1n) is 10.7. The Morgan fingerprint density at radius 3 is 2.23 bits per heavy atom. The molecule has 0 aliphatic carbocycles. The van der Waals surface area contributed by atoms with Crippen LogP contribution in [-0.2, 0) is 19.6 Å². The van der Waals surface area contributed by atoms with E-state index in [-0.39, 0.29) is 30.6 Å². The predicted molar refractivity (Wildman–Crippen MR) is 121 cm³/mol. The summed E-state index contributed by atoms with van der Waals surface area (Å²) in [5, 5.41) is 0. The predicted octanol–water partition coefficient (Wildman–Crippen LogP) is 1.75. The fourth-order valence-electron chi connectivity index (χ4n) is 4.04. The summed E-state index contributed by atoms with van der Waals surface area (Å²) in [6.07, 6.45) is 2.01. The molecule has 176 valence electrons. The highest BCUT2D eigenvalue weighted by molar-refractivity contribution is 7.89. The summed E-state index contributed by atoms with van der Waals surface area (Å²) in [7, 11) is 3.56. The number of methoxy groups -OCH3 is 1. The molecule has 0 aromatic heterocycles. The number of likely N-dealkylation sites (N-methyl/N-ethyl adjacent to an activating group) is 1. The number of likely N-dealkylation sites (tertiary alicyclic amines) is 1. The molecule has 1 heterocycles. The van der Waals surface area contributed by atoms with Crippen molar-refractivity contribution in [2.24, 2.45) is 5.92 Å². The number of rotatable bonds is 10. The molecular formula is C22H37N3O5S. The number of sulfonamides is 1. The lowest BCUT2D eigenvalue weighted by atomic mass is 9.96. The van der Waals surface area contributed by atoms with Crippen LogP contribution in [-0.4, -0.2) is 96.1 Å². The second kappa shape index (κ2) is 11.3. The minimum absolute atomic E-state index is 0.0210. The third-order valence-corrected chi connectivity index (χ3v) is 7.87. The van der Waals surface area contributed by atoms with Gasteiger partial charge in [0.15, 0.2) is 0 Å². The van der Waals surface area contributed by atoms with Gasteiger partial charge in [-0.3, -0.25) is 4.79 Å².